The SMILES string of the molecule is Cc1cc(/C=C/C(c2cc(Cl)cc(Cl)c2)C(F)(F)F)ccc1C(=O)CCC1CCOC1. The molecule has 1 saturated heterocycles. The van der Waals surface area contributed by atoms with Gasteiger partial charge in [-0.3, -0.25) is 4.79 Å². The summed E-state index contributed by atoms with van der Waals surface area (Å²) in [7, 11) is 0. The molecule has 2 atom stereocenters. The molecule has 3 rings (SSSR count). The van der Waals surface area contributed by atoms with E-state index in [1.807, 2.05) is 0 Å². The number of hydrogen-bond donors (Lipinski definition) is 0. The lowest BCUT2D eigenvalue weighted by atomic mass is 9.94. The molecule has 0 aromatic heterocycles. The number of rotatable bonds is 7. The van der Waals surface area contributed by atoms with Crippen molar-refractivity contribution in [1.29, 1.82) is 0 Å². The van der Waals surface area contributed by atoms with E-state index in [4.69, 9.17) is 27.9 Å². The van der Waals surface area contributed by atoms with Gasteiger partial charge < -0.3 is 4.74 Å². The molecule has 2 aromatic carbocycles. The van der Waals surface area contributed by atoms with Crippen molar-refractivity contribution in [2.24, 2.45) is 5.92 Å². The minimum atomic E-state index is -4.50. The topological polar surface area (TPSA) is 26.3 Å². The smallest absolute Gasteiger partial charge is 0.381 e. The maximum Gasteiger partial charge on any atom is 0.399 e. The first kappa shape index (κ1) is 23.8. The predicted octanol–water partition coefficient (Wildman–Crippen LogP) is 7.66. The van der Waals surface area contributed by atoms with Crippen LogP contribution >= 0.6 is 23.2 Å². The van der Waals surface area contributed by atoms with Crippen LogP contribution in [-0.2, 0) is 4.74 Å². The lowest BCUT2D eigenvalue weighted by Crippen LogP contribution is -2.18. The number of benzene rings is 2. The average Bonchev–Trinajstić information content (AvgIpc) is 3.18. The maximum absolute atomic E-state index is 13.6. The number of Topliss-reactive ketones (excluding diaryl/α,β-unsaturated/α-hetero) is 1. The molecular formula is C24H23Cl2F3O2. The summed E-state index contributed by atoms with van der Waals surface area (Å²) in [6.07, 6.45) is 0.196. The van der Waals surface area contributed by atoms with Crippen molar-refractivity contribution in [3.8, 4) is 0 Å². The lowest BCUT2D eigenvalue weighted by molar-refractivity contribution is -0.139. The average molecular weight is 471 g/mol. The van der Waals surface area contributed by atoms with Gasteiger partial charge >= 0.3 is 6.18 Å². The first-order valence-corrected chi connectivity index (χ1v) is 10.8. The molecule has 2 unspecified atom stereocenters. The Kier molecular flexibility index (Phi) is 7.84. The van der Waals surface area contributed by atoms with Gasteiger partial charge in [-0.2, -0.15) is 13.2 Å². The van der Waals surface area contributed by atoms with Crippen molar-refractivity contribution in [1.82, 2.24) is 0 Å². The van der Waals surface area contributed by atoms with E-state index >= 15 is 0 Å². The number of carbonyl (C=O) groups is 1. The number of ether oxygens (including phenoxy) is 1. The highest BCUT2D eigenvalue weighted by atomic mass is 35.5. The molecule has 0 radical (unpaired) electrons. The summed E-state index contributed by atoms with van der Waals surface area (Å²) in [5, 5.41) is 0.293. The largest absolute Gasteiger partial charge is 0.399 e. The van der Waals surface area contributed by atoms with Crippen LogP contribution in [0.2, 0.25) is 10.0 Å². The zero-order valence-corrected chi connectivity index (χ0v) is 18.5. The summed E-state index contributed by atoms with van der Waals surface area (Å²) >= 11 is 11.8. The maximum atomic E-state index is 13.6. The van der Waals surface area contributed by atoms with Gasteiger partial charge in [0.1, 0.15) is 0 Å². The van der Waals surface area contributed by atoms with Crippen molar-refractivity contribution < 1.29 is 22.7 Å². The molecule has 7 heteroatoms. The predicted molar refractivity (Wildman–Crippen MR) is 118 cm³/mol. The van der Waals surface area contributed by atoms with Gasteiger partial charge in [-0.15, -0.1) is 0 Å². The Balaban J connectivity index is 1.75. The zero-order valence-electron chi connectivity index (χ0n) is 17.0. The van der Waals surface area contributed by atoms with Crippen molar-refractivity contribution >= 4 is 35.1 Å². The van der Waals surface area contributed by atoms with E-state index < -0.39 is 12.1 Å². The van der Waals surface area contributed by atoms with Gasteiger partial charge in [0.05, 0.1) is 5.92 Å². The molecule has 0 bridgehead atoms. The summed E-state index contributed by atoms with van der Waals surface area (Å²) in [4.78, 5) is 12.5. The number of alkyl halides is 3. The van der Waals surface area contributed by atoms with Crippen LogP contribution in [0.5, 0.6) is 0 Å². The molecule has 0 amide bonds. The Labute approximate surface area is 190 Å². The van der Waals surface area contributed by atoms with E-state index in [-0.39, 0.29) is 21.4 Å². The van der Waals surface area contributed by atoms with Crippen LogP contribution < -0.4 is 0 Å². The Bertz CT molecular complexity index is 944. The number of halogens is 5. The molecule has 1 aliphatic rings. The third-order valence-electron chi connectivity index (χ3n) is 5.43. The van der Waals surface area contributed by atoms with Crippen LogP contribution in [0.25, 0.3) is 6.08 Å². The molecule has 1 aliphatic heterocycles. The summed E-state index contributed by atoms with van der Waals surface area (Å²) in [5.74, 6) is -1.38. The minimum Gasteiger partial charge on any atom is -0.381 e. The van der Waals surface area contributed by atoms with Gasteiger partial charge in [0.15, 0.2) is 5.78 Å². The molecule has 0 aliphatic carbocycles. The fourth-order valence-electron chi connectivity index (χ4n) is 3.76. The Hall–Kier alpha value is -1.82. The quantitative estimate of drug-likeness (QED) is 0.388. The van der Waals surface area contributed by atoms with E-state index in [1.54, 1.807) is 25.1 Å². The molecule has 31 heavy (non-hydrogen) atoms. The van der Waals surface area contributed by atoms with Crippen molar-refractivity contribution in [2.75, 3.05) is 13.2 Å². The molecule has 2 aromatic rings. The molecule has 0 saturated carbocycles. The molecular weight excluding hydrogens is 448 g/mol. The van der Waals surface area contributed by atoms with Crippen LogP contribution in [0.4, 0.5) is 13.2 Å². The first-order valence-electron chi connectivity index (χ1n) is 10.1. The highest BCUT2D eigenvalue weighted by Gasteiger charge is 2.39. The van der Waals surface area contributed by atoms with E-state index in [0.717, 1.165) is 31.1 Å². The standard InChI is InChI=1S/C24H23Cl2F3O2/c1-15-10-16(2-5-21(15)23(30)7-4-17-8-9-31-14-17)3-6-22(24(27,28)29)18-11-19(25)13-20(26)12-18/h2-3,5-6,10-13,17,22H,4,7-9,14H2,1H3/b6-3+. The normalized spacial score (nSPS) is 17.9. The van der Waals surface area contributed by atoms with Gasteiger partial charge in [-0.25, -0.2) is 0 Å². The minimum absolute atomic E-state index is 0.0272. The van der Waals surface area contributed by atoms with Gasteiger partial charge in [0.2, 0.25) is 0 Å². The number of ketones is 1. The van der Waals surface area contributed by atoms with Crippen LogP contribution in [0.1, 0.15) is 52.2 Å². The van der Waals surface area contributed by atoms with E-state index in [9.17, 15) is 18.0 Å². The van der Waals surface area contributed by atoms with E-state index in [1.165, 1.54) is 24.3 Å². The molecule has 0 N–H and O–H groups in total. The van der Waals surface area contributed by atoms with Gasteiger partial charge in [-0.1, -0.05) is 53.6 Å². The highest BCUT2D eigenvalue weighted by Crippen LogP contribution is 2.38. The molecule has 1 fully saturated rings. The second-order valence-corrected chi connectivity index (χ2v) is 8.72. The molecule has 1 heterocycles. The molecule has 0 spiro atoms. The Morgan fingerprint density at radius 1 is 1.19 bits per heavy atom. The summed E-state index contributed by atoms with van der Waals surface area (Å²) in [5.41, 5.74) is 1.90. The first-order chi connectivity index (χ1) is 14.6. The van der Waals surface area contributed by atoms with Crippen LogP contribution in [0.3, 0.4) is 0 Å². The van der Waals surface area contributed by atoms with Gasteiger partial charge in [0.25, 0.3) is 0 Å². The van der Waals surface area contributed by atoms with Crippen LogP contribution in [0.15, 0.2) is 42.5 Å². The molecule has 166 valence electrons. The summed E-state index contributed by atoms with van der Waals surface area (Å²) in [6.45, 7) is 3.24. The van der Waals surface area contributed by atoms with E-state index in [2.05, 4.69) is 0 Å². The van der Waals surface area contributed by atoms with Crippen molar-refractivity contribution in [3.63, 3.8) is 0 Å². The Morgan fingerprint density at radius 2 is 1.90 bits per heavy atom. The summed E-state index contributed by atoms with van der Waals surface area (Å²) < 4.78 is 46.3. The van der Waals surface area contributed by atoms with Crippen molar-refractivity contribution in [2.45, 2.75) is 38.3 Å². The highest BCUT2D eigenvalue weighted by molar-refractivity contribution is 6.34. The molecule has 2 nitrogen and oxygen atoms in total. The zero-order chi connectivity index (χ0) is 22.6. The Morgan fingerprint density at radius 3 is 2.48 bits per heavy atom. The van der Waals surface area contributed by atoms with Gasteiger partial charge in [0, 0.05) is 35.2 Å². The number of carbonyl (C=O) groups excluding carboxylic acids is 1. The van der Waals surface area contributed by atoms with Gasteiger partial charge in [-0.05, 0) is 60.6 Å². The number of aryl methyl sites for hydroxylation is 1. The van der Waals surface area contributed by atoms with Crippen LogP contribution in [0, 0.1) is 12.8 Å². The lowest BCUT2D eigenvalue weighted by Gasteiger charge is -2.18. The monoisotopic (exact) mass is 470 g/mol. The third-order valence-corrected chi connectivity index (χ3v) is 5.87. The number of allylic oxidation sites excluding steroid dienone is 1. The fourth-order valence-corrected chi connectivity index (χ4v) is 4.30. The summed E-state index contributed by atoms with van der Waals surface area (Å²) in [6, 6.07) is 8.98. The fraction of sp³-hybridized carbons (Fsp3) is 0.375. The van der Waals surface area contributed by atoms with E-state index in [0.29, 0.717) is 30.1 Å². The van der Waals surface area contributed by atoms with Crippen LogP contribution in [-0.4, -0.2) is 25.2 Å². The number of hydrogen-bond acceptors (Lipinski definition) is 2. The second-order valence-electron chi connectivity index (χ2n) is 7.85. The third kappa shape index (κ3) is 6.58. The second kappa shape index (κ2) is 10.2. The van der Waals surface area contributed by atoms with Crippen molar-refractivity contribution in [3.05, 3.63) is 74.8 Å².